The topological polar surface area (TPSA) is 105 Å². The number of aromatic nitrogens is 2. The molecular formula is C24H24N4O4. The van der Waals surface area contributed by atoms with Gasteiger partial charge in [-0.05, 0) is 31.9 Å². The number of rotatable bonds is 9. The monoisotopic (exact) mass is 432 g/mol. The van der Waals surface area contributed by atoms with Crippen LogP contribution in [0.5, 0.6) is 0 Å². The Hall–Kier alpha value is -3.81. The lowest BCUT2D eigenvalue weighted by Gasteiger charge is -2.13. The summed E-state index contributed by atoms with van der Waals surface area (Å²) in [6, 6.07) is 15.9. The molecule has 0 fully saturated rings. The number of imide groups is 1. The summed E-state index contributed by atoms with van der Waals surface area (Å²) >= 11 is 0. The smallest absolute Gasteiger partial charge is 0.261 e. The first kappa shape index (κ1) is 21.4. The summed E-state index contributed by atoms with van der Waals surface area (Å²) in [6.45, 7) is 2.15. The normalized spacial score (nSPS) is 13.8. The number of unbranched alkanes of at least 4 members (excludes halogenated alkanes) is 2. The van der Waals surface area contributed by atoms with E-state index >= 15 is 0 Å². The zero-order valence-electron chi connectivity index (χ0n) is 17.8. The summed E-state index contributed by atoms with van der Waals surface area (Å²) in [4.78, 5) is 42.6. The highest BCUT2D eigenvalue weighted by Gasteiger charge is 2.34. The molecule has 2 heterocycles. The van der Waals surface area contributed by atoms with E-state index in [2.05, 4.69) is 15.5 Å². The molecule has 0 spiro atoms. The molecule has 3 aromatic rings. The van der Waals surface area contributed by atoms with Crippen molar-refractivity contribution in [3.8, 4) is 11.4 Å². The van der Waals surface area contributed by atoms with E-state index in [1.54, 1.807) is 31.2 Å². The number of hydrogen-bond donors (Lipinski definition) is 1. The lowest BCUT2D eigenvalue weighted by molar-refractivity contribution is -0.122. The molecule has 1 aromatic heterocycles. The Kier molecular flexibility index (Phi) is 6.39. The van der Waals surface area contributed by atoms with Crippen LogP contribution in [0.2, 0.25) is 0 Å². The van der Waals surface area contributed by atoms with E-state index in [1.165, 1.54) is 4.90 Å². The van der Waals surface area contributed by atoms with Crippen molar-refractivity contribution in [1.29, 1.82) is 0 Å². The van der Waals surface area contributed by atoms with Gasteiger partial charge in [0.05, 0.1) is 11.1 Å². The van der Waals surface area contributed by atoms with E-state index in [1.807, 2.05) is 30.3 Å². The molecule has 0 unspecified atom stereocenters. The number of hydrogen-bond acceptors (Lipinski definition) is 6. The van der Waals surface area contributed by atoms with Gasteiger partial charge in [0.15, 0.2) is 0 Å². The van der Waals surface area contributed by atoms with Crippen molar-refractivity contribution < 1.29 is 18.9 Å². The van der Waals surface area contributed by atoms with Gasteiger partial charge in [-0.15, -0.1) is 0 Å². The number of amides is 3. The molecule has 0 saturated heterocycles. The lowest BCUT2D eigenvalue weighted by atomic mass is 10.1. The average Bonchev–Trinajstić information content (AvgIpc) is 3.39. The van der Waals surface area contributed by atoms with Crippen LogP contribution in [-0.4, -0.2) is 39.3 Å². The standard InChI is InChI=1S/C24H24N4O4/c1-16(22-26-21(27-32-22)17-10-4-2-5-11-17)25-20(29)14-6-3-9-15-28-23(30)18-12-7-8-13-19(18)24(28)31/h2,4-5,7-8,10-13,16H,3,6,9,14-15H2,1H3,(H,25,29)/t16-/m1/s1. The van der Waals surface area contributed by atoms with Gasteiger partial charge in [0.1, 0.15) is 6.04 Å². The fourth-order valence-corrected chi connectivity index (χ4v) is 3.67. The molecule has 0 saturated carbocycles. The molecule has 4 rings (SSSR count). The van der Waals surface area contributed by atoms with Gasteiger partial charge in [0.2, 0.25) is 17.6 Å². The second-order valence-electron chi connectivity index (χ2n) is 7.73. The van der Waals surface area contributed by atoms with Gasteiger partial charge in [0, 0.05) is 18.5 Å². The van der Waals surface area contributed by atoms with Crippen molar-refractivity contribution in [3.63, 3.8) is 0 Å². The highest BCUT2D eigenvalue weighted by molar-refractivity contribution is 6.21. The van der Waals surface area contributed by atoms with Crippen molar-refractivity contribution >= 4 is 17.7 Å². The first-order valence-corrected chi connectivity index (χ1v) is 10.7. The first-order valence-electron chi connectivity index (χ1n) is 10.7. The van der Waals surface area contributed by atoms with E-state index in [4.69, 9.17) is 4.52 Å². The van der Waals surface area contributed by atoms with Crippen molar-refractivity contribution in [1.82, 2.24) is 20.4 Å². The highest BCUT2D eigenvalue weighted by atomic mass is 16.5. The summed E-state index contributed by atoms with van der Waals surface area (Å²) in [5.74, 6) is 0.230. The van der Waals surface area contributed by atoms with Gasteiger partial charge >= 0.3 is 0 Å². The number of nitrogens with one attached hydrogen (secondary N) is 1. The summed E-state index contributed by atoms with van der Waals surface area (Å²) in [6.07, 6.45) is 2.37. The Labute approximate surface area is 185 Å². The zero-order valence-corrected chi connectivity index (χ0v) is 17.8. The van der Waals surface area contributed by atoms with Crippen molar-refractivity contribution in [2.45, 2.75) is 38.6 Å². The molecule has 1 N–H and O–H groups in total. The number of benzene rings is 2. The Morgan fingerprint density at radius 3 is 2.31 bits per heavy atom. The molecule has 8 nitrogen and oxygen atoms in total. The minimum atomic E-state index is -0.397. The molecule has 32 heavy (non-hydrogen) atoms. The first-order chi connectivity index (χ1) is 15.5. The van der Waals surface area contributed by atoms with Crippen molar-refractivity contribution in [3.05, 3.63) is 71.6 Å². The Bertz CT molecular complexity index is 1090. The number of nitrogens with zero attached hydrogens (tertiary/aromatic N) is 3. The zero-order chi connectivity index (χ0) is 22.5. The second kappa shape index (κ2) is 9.55. The summed E-state index contributed by atoms with van der Waals surface area (Å²) in [5.41, 5.74) is 1.77. The fourth-order valence-electron chi connectivity index (χ4n) is 3.67. The third-order valence-electron chi connectivity index (χ3n) is 5.39. The minimum absolute atomic E-state index is 0.113. The lowest BCUT2D eigenvalue weighted by Crippen LogP contribution is -2.30. The number of carbonyl (C=O) groups excluding carboxylic acids is 3. The second-order valence-corrected chi connectivity index (χ2v) is 7.73. The van der Waals surface area contributed by atoms with E-state index in [-0.39, 0.29) is 17.7 Å². The van der Waals surface area contributed by atoms with Crippen molar-refractivity contribution in [2.75, 3.05) is 6.54 Å². The maximum atomic E-state index is 12.3. The molecule has 0 radical (unpaired) electrons. The third-order valence-corrected chi connectivity index (χ3v) is 5.39. The maximum absolute atomic E-state index is 12.3. The van der Waals surface area contributed by atoms with E-state index in [0.717, 1.165) is 12.0 Å². The van der Waals surface area contributed by atoms with Crippen LogP contribution in [0, 0.1) is 0 Å². The van der Waals surface area contributed by atoms with Crippen LogP contribution >= 0.6 is 0 Å². The predicted molar refractivity (Wildman–Crippen MR) is 117 cm³/mol. The highest BCUT2D eigenvalue weighted by Crippen LogP contribution is 2.23. The van der Waals surface area contributed by atoms with Gasteiger partial charge in [-0.1, -0.05) is 54.0 Å². The average molecular weight is 432 g/mol. The van der Waals surface area contributed by atoms with Crippen LogP contribution in [0.25, 0.3) is 11.4 Å². The van der Waals surface area contributed by atoms with Gasteiger partial charge < -0.3 is 9.84 Å². The Morgan fingerprint density at radius 2 is 1.62 bits per heavy atom. The molecule has 164 valence electrons. The quantitative estimate of drug-likeness (QED) is 0.408. The summed E-state index contributed by atoms with van der Waals surface area (Å²) in [7, 11) is 0. The SMILES string of the molecule is C[C@@H](NC(=O)CCCCCN1C(=O)c2ccccc2C1=O)c1nc(-c2ccccc2)no1. The van der Waals surface area contributed by atoms with Crippen LogP contribution in [0.3, 0.4) is 0 Å². The van der Waals surface area contributed by atoms with Gasteiger partial charge in [-0.25, -0.2) is 0 Å². The molecular weight excluding hydrogens is 408 g/mol. The van der Waals surface area contributed by atoms with E-state index in [0.29, 0.717) is 48.6 Å². The van der Waals surface area contributed by atoms with Crippen LogP contribution in [0.15, 0.2) is 59.1 Å². The van der Waals surface area contributed by atoms with Crippen LogP contribution < -0.4 is 5.32 Å². The van der Waals surface area contributed by atoms with Crippen LogP contribution in [-0.2, 0) is 4.79 Å². The Balaban J connectivity index is 1.18. The fraction of sp³-hybridized carbons (Fsp3) is 0.292. The number of carbonyl (C=O) groups is 3. The molecule has 0 aliphatic carbocycles. The molecule has 1 aliphatic rings. The summed E-state index contributed by atoms with van der Waals surface area (Å²) < 4.78 is 5.28. The van der Waals surface area contributed by atoms with Gasteiger partial charge in [0.25, 0.3) is 11.8 Å². The minimum Gasteiger partial charge on any atom is -0.345 e. The van der Waals surface area contributed by atoms with Crippen LogP contribution in [0.1, 0.15) is 65.3 Å². The van der Waals surface area contributed by atoms with Gasteiger partial charge in [-0.2, -0.15) is 4.98 Å². The largest absolute Gasteiger partial charge is 0.345 e. The number of fused-ring (bicyclic) bond motifs is 1. The molecule has 2 aromatic carbocycles. The summed E-state index contributed by atoms with van der Waals surface area (Å²) in [5, 5.41) is 6.83. The molecule has 0 bridgehead atoms. The predicted octanol–water partition coefficient (Wildman–Crippen LogP) is 3.77. The van der Waals surface area contributed by atoms with Crippen molar-refractivity contribution in [2.24, 2.45) is 0 Å². The third kappa shape index (κ3) is 4.59. The van der Waals surface area contributed by atoms with E-state index < -0.39 is 6.04 Å². The molecule has 1 aliphatic heterocycles. The van der Waals surface area contributed by atoms with Crippen LogP contribution in [0.4, 0.5) is 0 Å². The molecule has 8 heteroatoms. The van der Waals surface area contributed by atoms with Gasteiger partial charge in [-0.3, -0.25) is 19.3 Å². The molecule has 3 amide bonds. The Morgan fingerprint density at radius 1 is 0.969 bits per heavy atom. The molecule has 1 atom stereocenters. The van der Waals surface area contributed by atoms with E-state index in [9.17, 15) is 14.4 Å². The maximum Gasteiger partial charge on any atom is 0.261 e.